The van der Waals surface area contributed by atoms with Gasteiger partial charge in [0, 0.05) is 31.5 Å². The molecule has 0 spiro atoms. The van der Waals surface area contributed by atoms with E-state index in [1.54, 1.807) is 0 Å². The van der Waals surface area contributed by atoms with Gasteiger partial charge in [0.1, 0.15) is 6.61 Å². The Labute approximate surface area is 249 Å². The molecular weight excluding hydrogens is 540 g/mol. The fourth-order valence-electron chi connectivity index (χ4n) is 3.03. The van der Waals surface area contributed by atoms with Crippen LogP contribution in [0.4, 0.5) is 4.79 Å². The number of rotatable bonds is 22. The third kappa shape index (κ3) is 27.4. The van der Waals surface area contributed by atoms with Crippen molar-refractivity contribution in [1.29, 1.82) is 0 Å². The average Bonchev–Trinajstić information content (AvgIpc) is 2.97. The van der Waals surface area contributed by atoms with Crippen molar-refractivity contribution in [2.75, 3.05) is 26.8 Å². The van der Waals surface area contributed by atoms with Gasteiger partial charge in [-0.3, -0.25) is 14.4 Å². The summed E-state index contributed by atoms with van der Waals surface area (Å²) in [6.07, 6.45) is 29.0. The molecule has 2 amide bonds. The number of ether oxygens (including phenoxy) is 3. The summed E-state index contributed by atoms with van der Waals surface area (Å²) in [7, 11) is 1.27. The minimum Gasteiger partial charge on any atom is -0.469 e. The van der Waals surface area contributed by atoms with Gasteiger partial charge in [-0.05, 0) is 51.4 Å². The third-order valence-electron chi connectivity index (χ3n) is 5.19. The van der Waals surface area contributed by atoms with Crippen molar-refractivity contribution in [3.8, 4) is 0 Å². The second-order valence-corrected chi connectivity index (χ2v) is 8.76. The highest BCUT2D eigenvalue weighted by atomic mass is 16.6. The number of alkyl carbamates (subject to hydrolysis) is 1. The molecule has 0 aliphatic carbocycles. The van der Waals surface area contributed by atoms with Crippen LogP contribution < -0.4 is 10.6 Å². The lowest BCUT2D eigenvalue weighted by molar-refractivity contribution is -0.144. The van der Waals surface area contributed by atoms with Gasteiger partial charge in [0.2, 0.25) is 5.91 Å². The van der Waals surface area contributed by atoms with Crippen molar-refractivity contribution in [2.45, 2.75) is 71.1 Å². The van der Waals surface area contributed by atoms with Crippen molar-refractivity contribution >= 4 is 29.9 Å². The molecular formula is C32H46N2O8. The maximum atomic E-state index is 11.8. The summed E-state index contributed by atoms with van der Waals surface area (Å²) in [6.45, 7) is 2.25. The normalized spacial score (nSPS) is 11.8. The molecule has 0 saturated carbocycles. The number of nitrogens with one attached hydrogen (secondary N) is 2. The first-order valence-electron chi connectivity index (χ1n) is 14.3. The lowest BCUT2D eigenvalue weighted by Crippen LogP contribution is -2.30. The summed E-state index contributed by atoms with van der Waals surface area (Å²) < 4.78 is 14.0. The van der Waals surface area contributed by atoms with Crippen molar-refractivity contribution in [3.63, 3.8) is 0 Å². The maximum Gasteiger partial charge on any atom is 0.415 e. The van der Waals surface area contributed by atoms with E-state index >= 15 is 0 Å². The number of carbonyl (C=O) groups is 5. The van der Waals surface area contributed by atoms with Crippen LogP contribution in [0, 0.1) is 0 Å². The summed E-state index contributed by atoms with van der Waals surface area (Å²) in [4.78, 5) is 57.5. The average molecular weight is 587 g/mol. The molecule has 0 rings (SSSR count). The van der Waals surface area contributed by atoms with Gasteiger partial charge < -0.3 is 24.8 Å². The van der Waals surface area contributed by atoms with Crippen molar-refractivity contribution in [2.24, 2.45) is 0 Å². The molecule has 2 N–H and O–H groups in total. The van der Waals surface area contributed by atoms with Crippen molar-refractivity contribution in [3.05, 3.63) is 72.9 Å². The number of esters is 3. The summed E-state index contributed by atoms with van der Waals surface area (Å²) in [6, 6.07) is 0. The Hall–Kier alpha value is -4.21. The molecule has 232 valence electrons. The molecule has 0 aromatic heterocycles. The van der Waals surface area contributed by atoms with E-state index in [1.807, 2.05) is 6.08 Å². The highest BCUT2D eigenvalue weighted by Gasteiger charge is 2.08. The SMILES string of the molecule is CC/C=C\C/C=C\C/C=C\C/C=C\C/C=C\CCCC(=O)OCCNC(=O)OC(=O)/C=C/C(=O)NCCCC(=O)OC. The fourth-order valence-corrected chi connectivity index (χ4v) is 3.03. The van der Waals surface area contributed by atoms with Crippen molar-refractivity contribution < 1.29 is 38.2 Å². The first kappa shape index (κ1) is 37.8. The number of amides is 2. The Kier molecular flexibility index (Phi) is 25.5. The van der Waals surface area contributed by atoms with E-state index in [2.05, 4.69) is 81.7 Å². The number of hydrogen-bond donors (Lipinski definition) is 2. The predicted octanol–water partition coefficient (Wildman–Crippen LogP) is 5.33. The zero-order valence-corrected chi connectivity index (χ0v) is 24.9. The molecule has 0 aromatic rings. The number of methoxy groups -OCH3 is 1. The molecule has 0 aromatic carbocycles. The molecule has 0 fully saturated rings. The molecule has 42 heavy (non-hydrogen) atoms. The fraction of sp³-hybridized carbons (Fsp3) is 0.469. The van der Waals surface area contributed by atoms with Gasteiger partial charge in [-0.1, -0.05) is 67.7 Å². The molecule has 0 radical (unpaired) electrons. The van der Waals surface area contributed by atoms with Crippen LogP contribution in [0.15, 0.2) is 72.9 Å². The van der Waals surface area contributed by atoms with Gasteiger partial charge in [0.05, 0.1) is 13.7 Å². The quantitative estimate of drug-likeness (QED) is 0.0434. The zero-order chi connectivity index (χ0) is 31.1. The highest BCUT2D eigenvalue weighted by molar-refractivity contribution is 5.97. The minimum absolute atomic E-state index is 0.0307. The summed E-state index contributed by atoms with van der Waals surface area (Å²) in [5.41, 5.74) is 0. The molecule has 0 aliphatic heterocycles. The summed E-state index contributed by atoms with van der Waals surface area (Å²) >= 11 is 0. The molecule has 0 unspecified atom stereocenters. The number of unbranched alkanes of at least 4 members (excludes halogenated alkanes) is 1. The van der Waals surface area contributed by atoms with E-state index in [4.69, 9.17) is 4.74 Å². The van der Waals surface area contributed by atoms with Gasteiger partial charge >= 0.3 is 24.0 Å². The molecule has 0 bridgehead atoms. The molecule has 0 aliphatic rings. The second-order valence-electron chi connectivity index (χ2n) is 8.76. The topological polar surface area (TPSA) is 137 Å². The molecule has 10 nitrogen and oxygen atoms in total. The lowest BCUT2D eigenvalue weighted by atomic mass is 10.2. The van der Waals surface area contributed by atoms with Gasteiger partial charge in [0.15, 0.2) is 0 Å². The van der Waals surface area contributed by atoms with Crippen LogP contribution in [0.25, 0.3) is 0 Å². The molecule has 0 heterocycles. The van der Waals surface area contributed by atoms with E-state index < -0.39 is 18.0 Å². The van der Waals surface area contributed by atoms with Gasteiger partial charge in [-0.25, -0.2) is 9.59 Å². The molecule has 10 heteroatoms. The van der Waals surface area contributed by atoms with E-state index in [0.29, 0.717) is 12.8 Å². The smallest absolute Gasteiger partial charge is 0.415 e. The summed E-state index contributed by atoms with van der Waals surface area (Å²) in [5.74, 6) is -2.38. The molecule has 0 saturated heterocycles. The lowest BCUT2D eigenvalue weighted by Gasteiger charge is -2.06. The molecule has 0 atom stereocenters. The van der Waals surface area contributed by atoms with Gasteiger partial charge in [-0.2, -0.15) is 0 Å². The first-order valence-corrected chi connectivity index (χ1v) is 14.3. The van der Waals surface area contributed by atoms with Crippen LogP contribution >= 0.6 is 0 Å². The van der Waals surface area contributed by atoms with E-state index in [0.717, 1.165) is 50.7 Å². The van der Waals surface area contributed by atoms with Gasteiger partial charge in [0.25, 0.3) is 0 Å². The van der Waals surface area contributed by atoms with Crippen LogP contribution in [0.3, 0.4) is 0 Å². The minimum atomic E-state index is -1.04. The number of allylic oxidation sites excluding steroid dienone is 10. The Bertz CT molecular complexity index is 977. The Morgan fingerprint density at radius 1 is 0.643 bits per heavy atom. The Morgan fingerprint density at radius 3 is 1.81 bits per heavy atom. The Balaban J connectivity index is 3.76. The first-order chi connectivity index (χ1) is 20.4. The zero-order valence-electron chi connectivity index (χ0n) is 24.9. The van der Waals surface area contributed by atoms with Crippen LogP contribution in [-0.4, -0.2) is 56.7 Å². The Morgan fingerprint density at radius 2 is 1.21 bits per heavy atom. The number of hydrogen-bond acceptors (Lipinski definition) is 8. The third-order valence-corrected chi connectivity index (χ3v) is 5.19. The van der Waals surface area contributed by atoms with Crippen LogP contribution in [0.1, 0.15) is 71.1 Å². The van der Waals surface area contributed by atoms with Crippen LogP contribution in [-0.2, 0) is 33.4 Å². The largest absolute Gasteiger partial charge is 0.469 e. The predicted molar refractivity (Wildman–Crippen MR) is 162 cm³/mol. The van der Waals surface area contributed by atoms with E-state index in [1.165, 1.54) is 7.11 Å². The summed E-state index contributed by atoms with van der Waals surface area (Å²) in [5, 5.41) is 4.74. The van der Waals surface area contributed by atoms with Gasteiger partial charge in [-0.15, -0.1) is 0 Å². The van der Waals surface area contributed by atoms with Crippen LogP contribution in [0.2, 0.25) is 0 Å². The standard InChI is InChI=1S/C32H46N2O8/c1-3-4-5-6-7-8-9-10-11-12-13-14-15-16-17-18-19-21-30(37)41-27-26-34-32(39)42-31(38)24-23-28(35)33-25-20-22-29(36)40-2/h4-5,7-8,10-11,13-14,16-17,23-24H,3,6,9,12,15,18-22,25-27H2,1-2H3,(H,33,35)(H,34,39)/b5-4-,8-7-,11-10-,14-13-,17-16-,24-23+. The second kappa shape index (κ2) is 28.3. The maximum absolute atomic E-state index is 11.8. The van der Waals surface area contributed by atoms with E-state index in [-0.39, 0.29) is 44.5 Å². The monoisotopic (exact) mass is 586 g/mol. The van der Waals surface area contributed by atoms with E-state index in [9.17, 15) is 24.0 Å². The van der Waals surface area contributed by atoms with Crippen LogP contribution in [0.5, 0.6) is 0 Å². The highest BCUT2D eigenvalue weighted by Crippen LogP contribution is 2.01. The number of carbonyl (C=O) groups excluding carboxylic acids is 5. The van der Waals surface area contributed by atoms with Crippen molar-refractivity contribution in [1.82, 2.24) is 10.6 Å².